The molecule has 82 valence electrons. The van der Waals surface area contributed by atoms with E-state index in [0.29, 0.717) is 12.2 Å². The van der Waals surface area contributed by atoms with Crippen LogP contribution >= 0.6 is 15.9 Å². The zero-order chi connectivity index (χ0) is 11.4. The molecule has 0 atom stereocenters. The van der Waals surface area contributed by atoms with Crippen LogP contribution in [0.4, 0.5) is 10.1 Å². The van der Waals surface area contributed by atoms with Gasteiger partial charge in [-0.25, -0.2) is 4.39 Å². The Morgan fingerprint density at radius 1 is 1.00 bits per heavy atom. The summed E-state index contributed by atoms with van der Waals surface area (Å²) in [7, 11) is 0. The molecular weight excluding hydrogens is 269 g/mol. The van der Waals surface area contributed by atoms with E-state index < -0.39 is 0 Å². The van der Waals surface area contributed by atoms with Crippen LogP contribution in [0.5, 0.6) is 0 Å². The number of nitrogens with one attached hydrogen (secondary N) is 1. The van der Waals surface area contributed by atoms with Crippen LogP contribution in [0.1, 0.15) is 5.56 Å². The van der Waals surface area contributed by atoms with Gasteiger partial charge in [-0.15, -0.1) is 0 Å². The van der Waals surface area contributed by atoms with E-state index in [2.05, 4.69) is 21.2 Å². The maximum absolute atomic E-state index is 13.3. The van der Waals surface area contributed by atoms with Gasteiger partial charge in [0.2, 0.25) is 0 Å². The number of hydrogen-bond donors (Lipinski definition) is 1. The molecule has 0 radical (unpaired) electrons. The van der Waals surface area contributed by atoms with E-state index in [9.17, 15) is 4.39 Å². The monoisotopic (exact) mass is 279 g/mol. The number of anilines is 1. The molecule has 2 aromatic rings. The van der Waals surface area contributed by atoms with Gasteiger partial charge in [0.05, 0.1) is 5.69 Å². The van der Waals surface area contributed by atoms with Crippen LogP contribution < -0.4 is 5.32 Å². The minimum atomic E-state index is -0.227. The van der Waals surface area contributed by atoms with Crippen molar-refractivity contribution < 1.29 is 4.39 Å². The molecule has 0 amide bonds. The van der Waals surface area contributed by atoms with Crippen molar-refractivity contribution >= 4 is 21.6 Å². The molecule has 1 N–H and O–H groups in total. The van der Waals surface area contributed by atoms with E-state index in [4.69, 9.17) is 0 Å². The van der Waals surface area contributed by atoms with Crippen LogP contribution in [-0.4, -0.2) is 0 Å². The lowest BCUT2D eigenvalue weighted by Gasteiger charge is -2.08. The molecule has 2 aromatic carbocycles. The van der Waals surface area contributed by atoms with Gasteiger partial charge < -0.3 is 5.32 Å². The number of para-hydroxylation sites is 1. The first-order valence-corrected chi connectivity index (χ1v) is 5.78. The van der Waals surface area contributed by atoms with Crippen LogP contribution in [-0.2, 0) is 6.54 Å². The second-order valence-corrected chi connectivity index (χ2v) is 4.28. The fourth-order valence-electron chi connectivity index (χ4n) is 1.44. The van der Waals surface area contributed by atoms with Gasteiger partial charge in [-0.3, -0.25) is 0 Å². The van der Waals surface area contributed by atoms with E-state index in [-0.39, 0.29) is 5.82 Å². The summed E-state index contributed by atoms with van der Waals surface area (Å²) in [4.78, 5) is 0. The molecule has 2 rings (SSSR count). The van der Waals surface area contributed by atoms with Crippen molar-refractivity contribution in [1.82, 2.24) is 0 Å². The second kappa shape index (κ2) is 5.12. The van der Waals surface area contributed by atoms with E-state index in [1.165, 1.54) is 6.07 Å². The Balaban J connectivity index is 2.09. The number of halogens is 2. The summed E-state index contributed by atoms with van der Waals surface area (Å²) in [6.45, 7) is 0.600. The quantitative estimate of drug-likeness (QED) is 0.888. The first kappa shape index (κ1) is 11.1. The van der Waals surface area contributed by atoms with E-state index in [1.807, 2.05) is 30.3 Å². The first-order valence-electron chi connectivity index (χ1n) is 4.99. The third-order valence-electron chi connectivity index (χ3n) is 2.30. The Bertz CT molecular complexity index is 439. The maximum Gasteiger partial charge on any atom is 0.146 e. The molecule has 0 aromatic heterocycles. The zero-order valence-corrected chi connectivity index (χ0v) is 10.2. The van der Waals surface area contributed by atoms with Crippen molar-refractivity contribution in [3.8, 4) is 0 Å². The summed E-state index contributed by atoms with van der Waals surface area (Å²) < 4.78 is 14.3. The number of hydrogen-bond acceptors (Lipinski definition) is 1. The summed E-state index contributed by atoms with van der Waals surface area (Å²) in [5, 5.41) is 3.07. The standard InChI is InChI=1S/C13H11BrFN/c14-11-6-2-1-5-10(11)9-16-13-8-4-3-7-12(13)15/h1-8,16H,9H2. The van der Waals surface area contributed by atoms with Crippen LogP contribution in [0.3, 0.4) is 0 Å². The minimum Gasteiger partial charge on any atom is -0.379 e. The highest BCUT2D eigenvalue weighted by atomic mass is 79.9. The second-order valence-electron chi connectivity index (χ2n) is 3.42. The molecule has 0 saturated carbocycles. The van der Waals surface area contributed by atoms with Gasteiger partial charge in [0, 0.05) is 11.0 Å². The highest BCUT2D eigenvalue weighted by Gasteiger charge is 2.01. The van der Waals surface area contributed by atoms with Crippen molar-refractivity contribution in [3.05, 3.63) is 64.4 Å². The molecule has 0 bridgehead atoms. The Kier molecular flexibility index (Phi) is 3.57. The normalized spacial score (nSPS) is 10.1. The van der Waals surface area contributed by atoms with Crippen molar-refractivity contribution in [3.63, 3.8) is 0 Å². The summed E-state index contributed by atoms with van der Waals surface area (Å²) in [6, 6.07) is 14.6. The fourth-order valence-corrected chi connectivity index (χ4v) is 1.86. The summed E-state index contributed by atoms with van der Waals surface area (Å²) in [5.41, 5.74) is 1.63. The van der Waals surface area contributed by atoms with Crippen molar-refractivity contribution in [2.24, 2.45) is 0 Å². The van der Waals surface area contributed by atoms with Crippen LogP contribution in [0, 0.1) is 5.82 Å². The molecule has 0 aliphatic carbocycles. The van der Waals surface area contributed by atoms with Gasteiger partial charge in [-0.1, -0.05) is 46.3 Å². The molecule has 0 saturated heterocycles. The molecule has 3 heteroatoms. The predicted octanol–water partition coefficient (Wildman–Crippen LogP) is 4.20. The van der Waals surface area contributed by atoms with E-state index >= 15 is 0 Å². The van der Waals surface area contributed by atoms with Gasteiger partial charge in [0.1, 0.15) is 5.82 Å². The van der Waals surface area contributed by atoms with Crippen LogP contribution in [0.15, 0.2) is 53.0 Å². The van der Waals surface area contributed by atoms with Crippen molar-refractivity contribution in [2.45, 2.75) is 6.54 Å². The van der Waals surface area contributed by atoms with E-state index in [0.717, 1.165) is 10.0 Å². The molecule has 0 heterocycles. The first-order chi connectivity index (χ1) is 7.77. The third-order valence-corrected chi connectivity index (χ3v) is 3.07. The zero-order valence-electron chi connectivity index (χ0n) is 8.58. The molecular formula is C13H11BrFN. The summed E-state index contributed by atoms with van der Waals surface area (Å²) in [5.74, 6) is -0.227. The fraction of sp³-hybridized carbons (Fsp3) is 0.0769. The highest BCUT2D eigenvalue weighted by molar-refractivity contribution is 9.10. The van der Waals surface area contributed by atoms with Crippen LogP contribution in [0.2, 0.25) is 0 Å². The number of benzene rings is 2. The molecule has 16 heavy (non-hydrogen) atoms. The van der Waals surface area contributed by atoms with Gasteiger partial charge in [0.15, 0.2) is 0 Å². The SMILES string of the molecule is Fc1ccccc1NCc1ccccc1Br. The lowest BCUT2D eigenvalue weighted by atomic mass is 10.2. The molecule has 0 aliphatic rings. The topological polar surface area (TPSA) is 12.0 Å². The Morgan fingerprint density at radius 2 is 1.69 bits per heavy atom. The van der Waals surface area contributed by atoms with E-state index in [1.54, 1.807) is 12.1 Å². The average Bonchev–Trinajstić information content (AvgIpc) is 2.30. The molecule has 0 unspecified atom stereocenters. The van der Waals surface area contributed by atoms with Gasteiger partial charge in [0.25, 0.3) is 0 Å². The summed E-state index contributed by atoms with van der Waals surface area (Å²) in [6.07, 6.45) is 0. The van der Waals surface area contributed by atoms with Crippen molar-refractivity contribution in [2.75, 3.05) is 5.32 Å². The Labute approximate surface area is 102 Å². The van der Waals surface area contributed by atoms with Gasteiger partial charge in [-0.2, -0.15) is 0 Å². The number of rotatable bonds is 3. The summed E-state index contributed by atoms with van der Waals surface area (Å²) >= 11 is 3.45. The molecule has 0 aliphatic heterocycles. The smallest absolute Gasteiger partial charge is 0.146 e. The molecule has 1 nitrogen and oxygen atoms in total. The Morgan fingerprint density at radius 3 is 2.44 bits per heavy atom. The lowest BCUT2D eigenvalue weighted by Crippen LogP contribution is -2.01. The minimum absolute atomic E-state index is 0.227. The largest absolute Gasteiger partial charge is 0.379 e. The van der Waals surface area contributed by atoms with Crippen LogP contribution in [0.25, 0.3) is 0 Å². The van der Waals surface area contributed by atoms with Gasteiger partial charge in [-0.05, 0) is 23.8 Å². The third kappa shape index (κ3) is 2.61. The highest BCUT2D eigenvalue weighted by Crippen LogP contribution is 2.18. The Hall–Kier alpha value is -1.35. The molecule has 0 spiro atoms. The molecule has 0 fully saturated rings. The predicted molar refractivity (Wildman–Crippen MR) is 67.9 cm³/mol. The average molecular weight is 280 g/mol. The maximum atomic E-state index is 13.3. The van der Waals surface area contributed by atoms with Gasteiger partial charge >= 0.3 is 0 Å². The lowest BCUT2D eigenvalue weighted by molar-refractivity contribution is 0.630. The van der Waals surface area contributed by atoms with Crippen molar-refractivity contribution in [1.29, 1.82) is 0 Å².